The van der Waals surface area contributed by atoms with E-state index in [2.05, 4.69) is 39.7 Å². The molecule has 2 rings (SSSR count). The zero-order valence-electron chi connectivity index (χ0n) is 12.2. The summed E-state index contributed by atoms with van der Waals surface area (Å²) in [4.78, 5) is 14.2. The quantitative estimate of drug-likeness (QED) is 0.745. The summed E-state index contributed by atoms with van der Waals surface area (Å²) in [7, 11) is 2.10. The lowest BCUT2D eigenvalue weighted by molar-refractivity contribution is 0.0943. The minimum Gasteiger partial charge on any atom is -0.369 e. The van der Waals surface area contributed by atoms with Crippen molar-refractivity contribution in [2.45, 2.75) is 32.2 Å². The second-order valence-electron chi connectivity index (χ2n) is 5.20. The van der Waals surface area contributed by atoms with Crippen LogP contribution in [0.25, 0.3) is 0 Å². The molecule has 1 fully saturated rings. The van der Waals surface area contributed by atoms with Crippen LogP contribution < -0.4 is 10.6 Å². The monoisotopic (exact) mass is 277 g/mol. The first-order chi connectivity index (χ1) is 9.70. The lowest BCUT2D eigenvalue weighted by Gasteiger charge is -2.15. The van der Waals surface area contributed by atoms with Crippen molar-refractivity contribution < 1.29 is 4.79 Å². The molecule has 1 aliphatic rings. The SMILES string of the molecule is CCCNc1ccc(C(=O)NCCN(C)C2CC2)nn1. The summed E-state index contributed by atoms with van der Waals surface area (Å²) in [6.07, 6.45) is 3.59. The van der Waals surface area contributed by atoms with Gasteiger partial charge in [-0.05, 0) is 38.4 Å². The van der Waals surface area contributed by atoms with Crippen LogP contribution in [0.2, 0.25) is 0 Å². The fourth-order valence-corrected chi connectivity index (χ4v) is 1.93. The van der Waals surface area contributed by atoms with Gasteiger partial charge in [0.2, 0.25) is 0 Å². The molecule has 0 aliphatic heterocycles. The highest BCUT2D eigenvalue weighted by molar-refractivity contribution is 5.92. The van der Waals surface area contributed by atoms with Gasteiger partial charge in [0.05, 0.1) is 0 Å². The smallest absolute Gasteiger partial charge is 0.271 e. The lowest BCUT2D eigenvalue weighted by atomic mass is 10.3. The number of aromatic nitrogens is 2. The third-order valence-corrected chi connectivity index (χ3v) is 3.37. The van der Waals surface area contributed by atoms with Gasteiger partial charge in [-0.2, -0.15) is 0 Å². The lowest BCUT2D eigenvalue weighted by Crippen LogP contribution is -2.34. The molecule has 1 aromatic heterocycles. The van der Waals surface area contributed by atoms with E-state index in [1.807, 2.05) is 0 Å². The van der Waals surface area contributed by atoms with E-state index in [9.17, 15) is 4.79 Å². The highest BCUT2D eigenvalue weighted by Gasteiger charge is 2.25. The molecule has 20 heavy (non-hydrogen) atoms. The normalized spacial score (nSPS) is 14.3. The summed E-state index contributed by atoms with van der Waals surface area (Å²) >= 11 is 0. The van der Waals surface area contributed by atoms with Gasteiger partial charge in [0.15, 0.2) is 5.69 Å². The van der Waals surface area contributed by atoms with E-state index in [4.69, 9.17) is 0 Å². The van der Waals surface area contributed by atoms with E-state index in [0.717, 1.165) is 25.6 Å². The number of hydrogen-bond acceptors (Lipinski definition) is 5. The Balaban J connectivity index is 1.73. The molecule has 6 nitrogen and oxygen atoms in total. The maximum absolute atomic E-state index is 11.9. The number of hydrogen-bond donors (Lipinski definition) is 2. The molecule has 1 heterocycles. The summed E-state index contributed by atoms with van der Waals surface area (Å²) in [5.74, 6) is 0.542. The summed E-state index contributed by atoms with van der Waals surface area (Å²) in [5, 5.41) is 13.9. The highest BCUT2D eigenvalue weighted by Crippen LogP contribution is 2.24. The molecule has 0 spiro atoms. The Morgan fingerprint density at radius 2 is 2.15 bits per heavy atom. The van der Waals surface area contributed by atoms with Gasteiger partial charge < -0.3 is 15.5 Å². The van der Waals surface area contributed by atoms with E-state index >= 15 is 0 Å². The molecule has 110 valence electrons. The standard InChI is InChI=1S/C14H23N5O/c1-3-8-15-13-7-6-12(17-18-13)14(20)16-9-10-19(2)11-4-5-11/h6-7,11H,3-5,8-10H2,1-2H3,(H,15,18)(H,16,20). The number of nitrogens with one attached hydrogen (secondary N) is 2. The average Bonchev–Trinajstić information content (AvgIpc) is 3.30. The van der Waals surface area contributed by atoms with Crippen LogP contribution in [0.3, 0.4) is 0 Å². The first-order valence-electron chi connectivity index (χ1n) is 7.26. The topological polar surface area (TPSA) is 70.2 Å². The Morgan fingerprint density at radius 3 is 2.75 bits per heavy atom. The minimum absolute atomic E-state index is 0.163. The third-order valence-electron chi connectivity index (χ3n) is 3.37. The molecule has 1 amide bonds. The number of amides is 1. The molecule has 1 aromatic rings. The van der Waals surface area contributed by atoms with Crippen molar-refractivity contribution in [3.63, 3.8) is 0 Å². The van der Waals surface area contributed by atoms with Gasteiger partial charge in [0.25, 0.3) is 5.91 Å². The van der Waals surface area contributed by atoms with Gasteiger partial charge in [-0.15, -0.1) is 10.2 Å². The Morgan fingerprint density at radius 1 is 1.35 bits per heavy atom. The molecule has 0 atom stereocenters. The van der Waals surface area contributed by atoms with Crippen molar-refractivity contribution >= 4 is 11.7 Å². The van der Waals surface area contributed by atoms with Crippen LogP contribution in [0.1, 0.15) is 36.7 Å². The third kappa shape index (κ3) is 4.45. The maximum atomic E-state index is 11.9. The van der Waals surface area contributed by atoms with Gasteiger partial charge in [0.1, 0.15) is 5.82 Å². The van der Waals surface area contributed by atoms with Crippen molar-refractivity contribution in [2.24, 2.45) is 0 Å². The Kier molecular flexibility index (Phi) is 5.29. The summed E-state index contributed by atoms with van der Waals surface area (Å²) in [6.45, 7) is 4.46. The van der Waals surface area contributed by atoms with E-state index in [1.165, 1.54) is 12.8 Å². The molecule has 6 heteroatoms. The van der Waals surface area contributed by atoms with Gasteiger partial charge in [0, 0.05) is 25.7 Å². The fraction of sp³-hybridized carbons (Fsp3) is 0.643. The van der Waals surface area contributed by atoms with Crippen molar-refractivity contribution in [3.05, 3.63) is 17.8 Å². The predicted octanol–water partition coefficient (Wildman–Crippen LogP) is 1.12. The summed E-state index contributed by atoms with van der Waals surface area (Å²) in [5.41, 5.74) is 0.362. The molecule has 0 radical (unpaired) electrons. The van der Waals surface area contributed by atoms with Crippen LogP contribution in [0.15, 0.2) is 12.1 Å². The van der Waals surface area contributed by atoms with Crippen LogP contribution in [-0.4, -0.2) is 53.7 Å². The summed E-state index contributed by atoms with van der Waals surface area (Å²) in [6, 6.07) is 4.20. The van der Waals surface area contributed by atoms with E-state index in [-0.39, 0.29) is 5.91 Å². The van der Waals surface area contributed by atoms with Crippen molar-refractivity contribution in [1.29, 1.82) is 0 Å². The number of rotatable bonds is 8. The largest absolute Gasteiger partial charge is 0.369 e. The number of nitrogens with zero attached hydrogens (tertiary/aromatic N) is 3. The second kappa shape index (κ2) is 7.19. The van der Waals surface area contributed by atoms with Gasteiger partial charge in [-0.1, -0.05) is 6.92 Å². The van der Waals surface area contributed by atoms with Gasteiger partial charge >= 0.3 is 0 Å². The average molecular weight is 277 g/mol. The Labute approximate surface area is 120 Å². The summed E-state index contributed by atoms with van der Waals surface area (Å²) < 4.78 is 0. The molecule has 0 bridgehead atoms. The zero-order chi connectivity index (χ0) is 14.4. The van der Waals surface area contributed by atoms with Crippen molar-refractivity contribution in [2.75, 3.05) is 32.0 Å². The molecule has 1 aliphatic carbocycles. The molecule has 0 saturated heterocycles. The number of carbonyl (C=O) groups is 1. The molecule has 0 unspecified atom stereocenters. The first-order valence-corrected chi connectivity index (χ1v) is 7.26. The predicted molar refractivity (Wildman–Crippen MR) is 78.8 cm³/mol. The van der Waals surface area contributed by atoms with Crippen LogP contribution in [0.5, 0.6) is 0 Å². The minimum atomic E-state index is -0.163. The van der Waals surface area contributed by atoms with E-state index in [1.54, 1.807) is 12.1 Å². The van der Waals surface area contributed by atoms with Gasteiger partial charge in [-0.25, -0.2) is 0 Å². The Bertz CT molecular complexity index is 430. The van der Waals surface area contributed by atoms with Crippen molar-refractivity contribution in [3.8, 4) is 0 Å². The molecular formula is C14H23N5O. The first kappa shape index (κ1) is 14.7. The highest BCUT2D eigenvalue weighted by atomic mass is 16.1. The molecule has 0 aromatic carbocycles. The number of likely N-dealkylation sites (N-methyl/N-ethyl adjacent to an activating group) is 1. The van der Waals surface area contributed by atoms with Crippen LogP contribution in [0.4, 0.5) is 5.82 Å². The number of carbonyl (C=O) groups excluding carboxylic acids is 1. The number of anilines is 1. The zero-order valence-corrected chi connectivity index (χ0v) is 12.2. The second-order valence-corrected chi connectivity index (χ2v) is 5.20. The van der Waals surface area contributed by atoms with Gasteiger partial charge in [-0.3, -0.25) is 4.79 Å². The van der Waals surface area contributed by atoms with E-state index < -0.39 is 0 Å². The molecule has 1 saturated carbocycles. The maximum Gasteiger partial charge on any atom is 0.271 e. The van der Waals surface area contributed by atoms with Crippen molar-refractivity contribution in [1.82, 2.24) is 20.4 Å². The molecular weight excluding hydrogens is 254 g/mol. The Hall–Kier alpha value is -1.69. The van der Waals surface area contributed by atoms with Crippen LogP contribution in [0, 0.1) is 0 Å². The van der Waals surface area contributed by atoms with Crippen LogP contribution in [-0.2, 0) is 0 Å². The molecule has 2 N–H and O–H groups in total. The van der Waals surface area contributed by atoms with Crippen LogP contribution >= 0.6 is 0 Å². The fourth-order valence-electron chi connectivity index (χ4n) is 1.93. The van der Waals surface area contributed by atoms with E-state index in [0.29, 0.717) is 18.1 Å².